The number of pyridine rings is 1. The number of hydrogen-bond acceptors (Lipinski definition) is 5. The number of aryl methyl sites for hydroxylation is 1. The zero-order valence-corrected chi connectivity index (χ0v) is 22.7. The Hall–Kier alpha value is -4.69. The zero-order valence-electron chi connectivity index (χ0n) is 22.7. The first-order chi connectivity index (χ1) is 20.3. The Balaban J connectivity index is 1.89. The molecular formula is C29H22F6N4O4. The van der Waals surface area contributed by atoms with Crippen LogP contribution in [0.25, 0.3) is 27.7 Å². The van der Waals surface area contributed by atoms with Crippen molar-refractivity contribution in [2.75, 3.05) is 14.2 Å². The first-order valence-electron chi connectivity index (χ1n) is 12.6. The number of halogens is 6. The van der Waals surface area contributed by atoms with E-state index in [-0.39, 0.29) is 52.3 Å². The summed E-state index contributed by atoms with van der Waals surface area (Å²) in [7, 11) is 4.33. The van der Waals surface area contributed by atoms with Crippen LogP contribution in [0, 0.1) is 17.5 Å². The van der Waals surface area contributed by atoms with Gasteiger partial charge in [0.2, 0.25) is 5.78 Å². The molecule has 8 nitrogen and oxygen atoms in total. The lowest BCUT2D eigenvalue weighted by Crippen LogP contribution is -2.14. The van der Waals surface area contributed by atoms with Crippen LogP contribution in [0.5, 0.6) is 0 Å². The van der Waals surface area contributed by atoms with E-state index in [1.807, 2.05) is 0 Å². The molecule has 0 aliphatic rings. The van der Waals surface area contributed by atoms with Crippen molar-refractivity contribution < 1.29 is 45.8 Å². The molecule has 0 fully saturated rings. The molecule has 3 aromatic heterocycles. The summed E-state index contributed by atoms with van der Waals surface area (Å²) >= 11 is 0. The van der Waals surface area contributed by atoms with Gasteiger partial charge in [0.15, 0.2) is 17.5 Å². The molecule has 0 radical (unpaired) electrons. The van der Waals surface area contributed by atoms with Gasteiger partial charge in [0.05, 0.1) is 27.9 Å². The summed E-state index contributed by atoms with van der Waals surface area (Å²) < 4.78 is 93.1. The molecule has 0 saturated carbocycles. The van der Waals surface area contributed by atoms with Crippen molar-refractivity contribution in [3.05, 3.63) is 93.8 Å². The Morgan fingerprint density at radius 3 is 2.35 bits per heavy atom. The largest absolute Gasteiger partial charge is 0.478 e. The lowest BCUT2D eigenvalue weighted by molar-refractivity contribution is -0.137. The average Bonchev–Trinajstić information content (AvgIpc) is 3.47. The maximum absolute atomic E-state index is 14.7. The molecule has 0 unspecified atom stereocenters. The first-order valence-corrected chi connectivity index (χ1v) is 12.6. The standard InChI is InChI=1S/C29H22F6N4O4/c1-36-11-14-9-20(27(40)13-7-17(30)24(32)18(31)8-13)39-6-4-5-15(26(14)39)22-16(29(33,34)35)10-19-25(23(22)28(41)42)37-21(12-43-3)38(19)2/h4-10,36H,11-12H2,1-3H3,(H,41,42). The third kappa shape index (κ3) is 4.91. The fraction of sp³-hybridized carbons (Fsp3) is 0.207. The Kier molecular flexibility index (Phi) is 7.52. The van der Waals surface area contributed by atoms with Gasteiger partial charge in [0.25, 0.3) is 0 Å². The fourth-order valence-electron chi connectivity index (χ4n) is 5.22. The lowest BCUT2D eigenvalue weighted by atomic mass is 9.91. The number of rotatable bonds is 8. The van der Waals surface area contributed by atoms with Crippen LogP contribution in [-0.4, -0.2) is 45.0 Å². The number of imidazole rings is 1. The quantitative estimate of drug-likeness (QED) is 0.134. The number of ketones is 1. The number of methoxy groups -OCH3 is 1. The minimum atomic E-state index is -5.02. The maximum Gasteiger partial charge on any atom is 0.417 e. The van der Waals surface area contributed by atoms with Crippen molar-refractivity contribution in [1.29, 1.82) is 0 Å². The highest BCUT2D eigenvalue weighted by molar-refractivity contribution is 6.12. The van der Waals surface area contributed by atoms with E-state index in [0.29, 0.717) is 12.1 Å². The molecule has 2 N–H and O–H groups in total. The second-order valence-electron chi connectivity index (χ2n) is 9.67. The van der Waals surface area contributed by atoms with E-state index in [2.05, 4.69) is 10.3 Å². The van der Waals surface area contributed by atoms with Crippen LogP contribution < -0.4 is 5.32 Å². The van der Waals surface area contributed by atoms with Crippen LogP contribution in [0.15, 0.2) is 42.6 Å². The normalized spacial score (nSPS) is 12.0. The molecule has 3 heterocycles. The molecule has 43 heavy (non-hydrogen) atoms. The molecule has 0 bridgehead atoms. The van der Waals surface area contributed by atoms with Crippen LogP contribution >= 0.6 is 0 Å². The number of hydrogen-bond donors (Lipinski definition) is 2. The van der Waals surface area contributed by atoms with E-state index < -0.39 is 57.6 Å². The van der Waals surface area contributed by atoms with Gasteiger partial charge in [-0.25, -0.2) is 22.9 Å². The number of nitrogens with zero attached hydrogens (tertiary/aromatic N) is 3. The van der Waals surface area contributed by atoms with E-state index in [1.165, 1.54) is 47.5 Å². The molecule has 5 aromatic rings. The van der Waals surface area contributed by atoms with Crippen LogP contribution in [0.4, 0.5) is 26.3 Å². The predicted molar refractivity (Wildman–Crippen MR) is 142 cm³/mol. The van der Waals surface area contributed by atoms with Gasteiger partial charge in [-0.15, -0.1) is 0 Å². The van der Waals surface area contributed by atoms with Crippen molar-refractivity contribution in [3.8, 4) is 11.1 Å². The number of carbonyl (C=O) groups excluding carboxylic acids is 1. The summed E-state index contributed by atoms with van der Waals surface area (Å²) in [5, 5.41) is 13.1. The molecule has 5 rings (SSSR count). The smallest absolute Gasteiger partial charge is 0.417 e. The second kappa shape index (κ2) is 10.9. The van der Waals surface area contributed by atoms with Gasteiger partial charge in [-0.1, -0.05) is 6.07 Å². The van der Waals surface area contributed by atoms with Gasteiger partial charge in [0.1, 0.15) is 17.9 Å². The van der Waals surface area contributed by atoms with Crippen molar-refractivity contribution >= 4 is 28.3 Å². The first kappa shape index (κ1) is 29.8. The molecule has 0 spiro atoms. The number of aromatic nitrogens is 3. The summed E-state index contributed by atoms with van der Waals surface area (Å²) in [4.78, 5) is 30.4. The van der Waals surface area contributed by atoms with E-state index in [0.717, 1.165) is 6.07 Å². The number of aromatic carboxylic acids is 1. The second-order valence-corrected chi connectivity index (χ2v) is 9.67. The van der Waals surface area contributed by atoms with Crippen molar-refractivity contribution in [3.63, 3.8) is 0 Å². The van der Waals surface area contributed by atoms with Crippen LogP contribution in [0.1, 0.15) is 43.4 Å². The van der Waals surface area contributed by atoms with Gasteiger partial charge in [-0.3, -0.25) is 4.79 Å². The monoisotopic (exact) mass is 604 g/mol. The highest BCUT2D eigenvalue weighted by Crippen LogP contribution is 2.44. The number of fused-ring (bicyclic) bond motifs is 2. The number of alkyl halides is 3. The molecule has 224 valence electrons. The topological polar surface area (TPSA) is 97.9 Å². The minimum Gasteiger partial charge on any atom is -0.478 e. The number of carbonyl (C=O) groups is 2. The van der Waals surface area contributed by atoms with E-state index in [1.54, 1.807) is 7.05 Å². The summed E-state index contributed by atoms with van der Waals surface area (Å²) in [6.07, 6.45) is -3.69. The van der Waals surface area contributed by atoms with Gasteiger partial charge < -0.3 is 24.1 Å². The molecule has 2 aromatic carbocycles. The van der Waals surface area contributed by atoms with Gasteiger partial charge in [-0.05, 0) is 42.9 Å². The molecule has 0 atom stereocenters. The van der Waals surface area contributed by atoms with Gasteiger partial charge in [-0.2, -0.15) is 13.2 Å². The number of carboxylic acid groups (broad SMARTS) is 1. The third-order valence-electron chi connectivity index (χ3n) is 7.05. The Labute approximate surface area is 239 Å². The summed E-state index contributed by atoms with van der Waals surface area (Å²) in [5.74, 6) is -7.41. The molecular weight excluding hydrogens is 582 g/mol. The molecule has 0 aliphatic carbocycles. The fourth-order valence-corrected chi connectivity index (χ4v) is 5.22. The summed E-state index contributed by atoms with van der Waals surface area (Å²) in [6, 6.07) is 5.72. The van der Waals surface area contributed by atoms with Gasteiger partial charge >= 0.3 is 12.1 Å². The predicted octanol–water partition coefficient (Wildman–Crippen LogP) is 5.72. The van der Waals surface area contributed by atoms with Crippen LogP contribution in [0.2, 0.25) is 0 Å². The van der Waals surface area contributed by atoms with Crippen molar-refractivity contribution in [2.24, 2.45) is 7.05 Å². The number of carboxylic acids is 1. The molecule has 0 aliphatic heterocycles. The Bertz CT molecular complexity index is 1920. The number of ether oxygens (including phenoxy) is 1. The molecule has 0 amide bonds. The van der Waals surface area contributed by atoms with Gasteiger partial charge in [0, 0.05) is 43.6 Å². The van der Waals surface area contributed by atoms with Crippen molar-refractivity contribution in [1.82, 2.24) is 19.3 Å². The van der Waals surface area contributed by atoms with Crippen molar-refractivity contribution in [2.45, 2.75) is 19.3 Å². The number of nitrogens with one attached hydrogen (secondary N) is 1. The van der Waals surface area contributed by atoms with E-state index in [4.69, 9.17) is 4.74 Å². The third-order valence-corrected chi connectivity index (χ3v) is 7.05. The lowest BCUT2D eigenvalue weighted by Gasteiger charge is -2.18. The molecule has 14 heteroatoms. The zero-order chi connectivity index (χ0) is 31.4. The SMILES string of the molecule is CNCc1cc(C(=O)c2cc(F)c(F)c(F)c2)n2cccc(-c3c(C(F)(F)F)cc4c(nc(COC)n4C)c3C(=O)O)c12. The minimum absolute atomic E-state index is 0.00745. The summed E-state index contributed by atoms with van der Waals surface area (Å²) in [6.45, 7) is -0.0922. The Morgan fingerprint density at radius 2 is 1.77 bits per heavy atom. The van der Waals surface area contributed by atoms with E-state index in [9.17, 15) is 41.0 Å². The van der Waals surface area contributed by atoms with Crippen LogP contribution in [-0.2, 0) is 31.1 Å². The highest BCUT2D eigenvalue weighted by atomic mass is 19.4. The maximum atomic E-state index is 14.7. The van der Waals surface area contributed by atoms with Crippen LogP contribution in [0.3, 0.4) is 0 Å². The summed E-state index contributed by atoms with van der Waals surface area (Å²) in [5.41, 5.74) is -3.59. The van der Waals surface area contributed by atoms with E-state index >= 15 is 0 Å². The Morgan fingerprint density at radius 1 is 1.09 bits per heavy atom. The highest BCUT2D eigenvalue weighted by Gasteiger charge is 2.39. The number of benzene rings is 2. The average molecular weight is 605 g/mol. The molecule has 0 saturated heterocycles.